The minimum Gasteiger partial charge on any atom is -0.489 e. The van der Waals surface area contributed by atoms with Gasteiger partial charge in [-0.3, -0.25) is 4.57 Å². The lowest BCUT2D eigenvalue weighted by Gasteiger charge is -2.22. The molecule has 0 unspecified atom stereocenters. The van der Waals surface area contributed by atoms with Crippen molar-refractivity contribution in [1.82, 2.24) is 9.55 Å². The summed E-state index contributed by atoms with van der Waals surface area (Å²) in [5.41, 5.74) is 3.58. The monoisotopic (exact) mass is 334 g/mol. The van der Waals surface area contributed by atoms with Gasteiger partial charge in [0.15, 0.2) is 0 Å². The predicted octanol–water partition coefficient (Wildman–Crippen LogP) is 4.34. The molecule has 1 aliphatic rings. The fraction of sp³-hybridized carbons (Fsp3) is 0.286. The van der Waals surface area contributed by atoms with Crippen LogP contribution in [0, 0.1) is 0 Å². The van der Waals surface area contributed by atoms with Gasteiger partial charge in [0.1, 0.15) is 18.2 Å². The third kappa shape index (κ3) is 3.25. The molecule has 0 saturated carbocycles. The van der Waals surface area contributed by atoms with Crippen LogP contribution in [0.5, 0.6) is 11.6 Å². The highest BCUT2D eigenvalue weighted by atomic mass is 16.5. The molecular formula is C21H22N2O2. The minimum absolute atomic E-state index is 0.125. The number of ether oxygens (including phenoxy) is 2. The number of nitrogens with zero attached hydrogens (tertiary/aromatic N) is 2. The average molecular weight is 334 g/mol. The second-order valence-electron chi connectivity index (χ2n) is 6.58. The van der Waals surface area contributed by atoms with Crippen LogP contribution in [0.25, 0.3) is 5.69 Å². The molecule has 0 atom stereocenters. The summed E-state index contributed by atoms with van der Waals surface area (Å²) in [7, 11) is 0. The molecule has 2 aromatic carbocycles. The van der Waals surface area contributed by atoms with Gasteiger partial charge >= 0.3 is 0 Å². The van der Waals surface area contributed by atoms with Crippen LogP contribution in [0.1, 0.15) is 30.8 Å². The van der Waals surface area contributed by atoms with Crippen LogP contribution < -0.4 is 9.47 Å². The Labute approximate surface area is 148 Å². The van der Waals surface area contributed by atoms with Crippen molar-refractivity contribution in [2.75, 3.05) is 0 Å². The maximum Gasteiger partial charge on any atom is 0.218 e. The molecular weight excluding hydrogens is 312 g/mol. The van der Waals surface area contributed by atoms with Crippen molar-refractivity contribution < 1.29 is 9.47 Å². The molecule has 128 valence electrons. The number of fused-ring (bicyclic) bond motifs is 3. The van der Waals surface area contributed by atoms with Gasteiger partial charge in [-0.25, -0.2) is 4.98 Å². The van der Waals surface area contributed by atoms with Gasteiger partial charge in [-0.1, -0.05) is 30.3 Å². The first-order valence-corrected chi connectivity index (χ1v) is 8.74. The zero-order chi connectivity index (χ0) is 17.2. The second-order valence-corrected chi connectivity index (χ2v) is 6.58. The van der Waals surface area contributed by atoms with Crippen molar-refractivity contribution in [1.29, 1.82) is 0 Å². The van der Waals surface area contributed by atoms with Crippen molar-refractivity contribution in [2.45, 2.75) is 39.4 Å². The summed E-state index contributed by atoms with van der Waals surface area (Å²) >= 11 is 0. The number of aromatic nitrogens is 2. The van der Waals surface area contributed by atoms with E-state index in [4.69, 9.17) is 9.47 Å². The van der Waals surface area contributed by atoms with Gasteiger partial charge in [-0.05, 0) is 49.6 Å². The maximum absolute atomic E-state index is 5.97. The Morgan fingerprint density at radius 1 is 1.08 bits per heavy atom. The molecule has 0 radical (unpaired) electrons. The Hall–Kier alpha value is -2.75. The molecule has 25 heavy (non-hydrogen) atoms. The SMILES string of the molecule is CC(C)Oc1cnc2n1-c1ccc(OCc3ccccc3)cc1CC2. The van der Waals surface area contributed by atoms with Gasteiger partial charge in [-0.15, -0.1) is 0 Å². The lowest BCUT2D eigenvalue weighted by molar-refractivity contribution is 0.227. The number of aryl methyl sites for hydroxylation is 2. The van der Waals surface area contributed by atoms with Crippen LogP contribution in [0.3, 0.4) is 0 Å². The predicted molar refractivity (Wildman–Crippen MR) is 97.5 cm³/mol. The summed E-state index contributed by atoms with van der Waals surface area (Å²) in [6.07, 6.45) is 3.83. The van der Waals surface area contributed by atoms with E-state index in [1.807, 2.05) is 44.3 Å². The first-order valence-electron chi connectivity index (χ1n) is 8.74. The van der Waals surface area contributed by atoms with Crippen LogP contribution in [0.4, 0.5) is 0 Å². The summed E-state index contributed by atoms with van der Waals surface area (Å²) in [5.74, 6) is 2.77. The molecule has 4 heteroatoms. The van der Waals surface area contributed by atoms with E-state index in [0.717, 1.165) is 36.0 Å². The number of hydrogen-bond donors (Lipinski definition) is 0. The van der Waals surface area contributed by atoms with Crippen LogP contribution in [-0.4, -0.2) is 15.7 Å². The van der Waals surface area contributed by atoms with Gasteiger partial charge in [0.05, 0.1) is 18.0 Å². The van der Waals surface area contributed by atoms with E-state index in [2.05, 4.69) is 33.8 Å². The Morgan fingerprint density at radius 2 is 1.92 bits per heavy atom. The lowest BCUT2D eigenvalue weighted by Crippen LogP contribution is -2.16. The van der Waals surface area contributed by atoms with E-state index < -0.39 is 0 Å². The van der Waals surface area contributed by atoms with E-state index >= 15 is 0 Å². The van der Waals surface area contributed by atoms with Crippen LogP contribution in [0.2, 0.25) is 0 Å². The molecule has 0 saturated heterocycles. The molecule has 2 heterocycles. The number of imidazole rings is 1. The number of hydrogen-bond acceptors (Lipinski definition) is 3. The van der Waals surface area contributed by atoms with E-state index in [1.54, 1.807) is 0 Å². The van der Waals surface area contributed by atoms with Crippen molar-refractivity contribution in [3.63, 3.8) is 0 Å². The summed E-state index contributed by atoms with van der Waals surface area (Å²) in [6, 6.07) is 16.5. The topological polar surface area (TPSA) is 36.3 Å². The summed E-state index contributed by atoms with van der Waals surface area (Å²) in [4.78, 5) is 4.51. The molecule has 4 nitrogen and oxygen atoms in total. The maximum atomic E-state index is 5.97. The molecule has 4 rings (SSSR count). The van der Waals surface area contributed by atoms with Crippen LogP contribution >= 0.6 is 0 Å². The van der Waals surface area contributed by atoms with Gasteiger partial charge in [0, 0.05) is 6.42 Å². The molecule has 1 aromatic heterocycles. The number of benzene rings is 2. The third-order valence-electron chi connectivity index (χ3n) is 4.32. The minimum atomic E-state index is 0.125. The standard InChI is InChI=1S/C21H22N2O2/c1-15(2)25-21-13-22-20-11-8-17-12-18(9-10-19(17)23(20)21)24-14-16-6-4-3-5-7-16/h3-7,9-10,12-13,15H,8,11,14H2,1-2H3. The highest BCUT2D eigenvalue weighted by Crippen LogP contribution is 2.32. The normalized spacial score (nSPS) is 12.6. The zero-order valence-corrected chi connectivity index (χ0v) is 14.6. The molecule has 0 bridgehead atoms. The van der Waals surface area contributed by atoms with Gasteiger partial charge < -0.3 is 9.47 Å². The summed E-state index contributed by atoms with van der Waals surface area (Å²) < 4.78 is 14.0. The smallest absolute Gasteiger partial charge is 0.218 e. The third-order valence-corrected chi connectivity index (χ3v) is 4.32. The van der Waals surface area contributed by atoms with Crippen molar-refractivity contribution in [2.24, 2.45) is 0 Å². The fourth-order valence-electron chi connectivity index (χ4n) is 3.19. The van der Waals surface area contributed by atoms with Gasteiger partial charge in [-0.2, -0.15) is 0 Å². The lowest BCUT2D eigenvalue weighted by atomic mass is 10.0. The number of rotatable bonds is 5. The summed E-state index contributed by atoms with van der Waals surface area (Å²) in [6.45, 7) is 4.64. The molecule has 0 fully saturated rings. The Balaban J connectivity index is 1.58. The Kier molecular flexibility index (Phi) is 4.18. The Bertz CT molecular complexity index is 869. The van der Waals surface area contributed by atoms with Gasteiger partial charge in [0.2, 0.25) is 5.88 Å². The van der Waals surface area contributed by atoms with E-state index in [-0.39, 0.29) is 6.10 Å². The van der Waals surface area contributed by atoms with E-state index in [0.29, 0.717) is 6.61 Å². The molecule has 0 aliphatic carbocycles. The molecule has 1 aliphatic heterocycles. The molecule has 0 amide bonds. The van der Waals surface area contributed by atoms with Crippen molar-refractivity contribution in [3.05, 3.63) is 71.7 Å². The van der Waals surface area contributed by atoms with Crippen molar-refractivity contribution in [3.8, 4) is 17.3 Å². The highest BCUT2D eigenvalue weighted by molar-refractivity contribution is 5.51. The highest BCUT2D eigenvalue weighted by Gasteiger charge is 2.21. The molecule has 0 spiro atoms. The first-order chi connectivity index (χ1) is 12.2. The second kappa shape index (κ2) is 6.63. The Morgan fingerprint density at radius 3 is 2.72 bits per heavy atom. The summed E-state index contributed by atoms with van der Waals surface area (Å²) in [5, 5.41) is 0. The largest absolute Gasteiger partial charge is 0.489 e. The van der Waals surface area contributed by atoms with Gasteiger partial charge in [0.25, 0.3) is 0 Å². The van der Waals surface area contributed by atoms with E-state index in [9.17, 15) is 0 Å². The van der Waals surface area contributed by atoms with Crippen molar-refractivity contribution >= 4 is 0 Å². The fourth-order valence-corrected chi connectivity index (χ4v) is 3.19. The average Bonchev–Trinajstić information content (AvgIpc) is 3.03. The zero-order valence-electron chi connectivity index (χ0n) is 14.6. The molecule has 3 aromatic rings. The molecule has 0 N–H and O–H groups in total. The quantitative estimate of drug-likeness (QED) is 0.696. The van der Waals surface area contributed by atoms with E-state index in [1.165, 1.54) is 11.1 Å². The van der Waals surface area contributed by atoms with Crippen LogP contribution in [-0.2, 0) is 19.4 Å². The first kappa shape index (κ1) is 15.8. The van der Waals surface area contributed by atoms with Crippen LogP contribution in [0.15, 0.2) is 54.7 Å².